The van der Waals surface area contributed by atoms with Crippen molar-refractivity contribution in [3.05, 3.63) is 28.2 Å². The molecule has 1 unspecified atom stereocenters. The minimum absolute atomic E-state index is 0.0817. The van der Waals surface area contributed by atoms with Crippen molar-refractivity contribution in [3.8, 4) is 0 Å². The van der Waals surface area contributed by atoms with E-state index in [9.17, 15) is 9.59 Å². The van der Waals surface area contributed by atoms with Crippen molar-refractivity contribution >= 4 is 23.1 Å². The molecule has 7 heteroatoms. The number of H-pyrrole nitrogens is 1. The first kappa shape index (κ1) is 12.3. The Bertz CT molecular complexity index is 437. The molecule has 1 atom stereocenters. The Hall–Kier alpha value is -1.76. The molecular formula is C9H12N4O2S. The van der Waals surface area contributed by atoms with Crippen LogP contribution in [0.2, 0.25) is 0 Å². The van der Waals surface area contributed by atoms with Crippen LogP contribution in [0.3, 0.4) is 0 Å². The highest BCUT2D eigenvalue weighted by atomic mass is 32.1. The summed E-state index contributed by atoms with van der Waals surface area (Å²) >= 11 is 4.77. The molecule has 0 saturated heterocycles. The Morgan fingerprint density at radius 3 is 2.88 bits per heavy atom. The van der Waals surface area contributed by atoms with E-state index < -0.39 is 0 Å². The van der Waals surface area contributed by atoms with Crippen LogP contribution in [0, 0.1) is 5.92 Å². The Labute approximate surface area is 97.2 Å². The number of thiocarbonyl (C=S) groups is 1. The molecular weight excluding hydrogens is 228 g/mol. The summed E-state index contributed by atoms with van der Waals surface area (Å²) in [7, 11) is 0. The molecule has 0 spiro atoms. The monoisotopic (exact) mass is 240 g/mol. The van der Waals surface area contributed by atoms with Crippen LogP contribution >= 0.6 is 12.2 Å². The molecule has 86 valence electrons. The van der Waals surface area contributed by atoms with Crippen molar-refractivity contribution in [1.82, 2.24) is 15.5 Å². The summed E-state index contributed by atoms with van der Waals surface area (Å²) in [5.74, 6) is -0.457. The second-order valence-corrected chi connectivity index (χ2v) is 3.79. The normalized spacial score (nSPS) is 11.8. The largest absolute Gasteiger partial charge is 0.393 e. The molecule has 0 aliphatic carbocycles. The van der Waals surface area contributed by atoms with E-state index >= 15 is 0 Å². The Balaban J connectivity index is 2.56. The summed E-state index contributed by atoms with van der Waals surface area (Å²) in [5.41, 5.74) is 5.19. The molecule has 0 aromatic carbocycles. The zero-order chi connectivity index (χ0) is 12.1. The van der Waals surface area contributed by atoms with E-state index in [0.717, 1.165) is 0 Å². The number of carbonyl (C=O) groups is 1. The van der Waals surface area contributed by atoms with Gasteiger partial charge in [0.05, 0.1) is 4.99 Å². The number of aromatic amines is 1. The predicted molar refractivity (Wildman–Crippen MR) is 63.1 cm³/mol. The second-order valence-electron chi connectivity index (χ2n) is 3.32. The number of hydrogen-bond donors (Lipinski definition) is 3. The average molecular weight is 240 g/mol. The van der Waals surface area contributed by atoms with Crippen molar-refractivity contribution in [2.24, 2.45) is 11.7 Å². The van der Waals surface area contributed by atoms with Crippen LogP contribution in [0.1, 0.15) is 17.4 Å². The number of carbonyl (C=O) groups excluding carboxylic acids is 1. The minimum atomic E-state index is -0.376. The van der Waals surface area contributed by atoms with Gasteiger partial charge >= 0.3 is 0 Å². The molecule has 1 heterocycles. The number of rotatable bonds is 4. The molecule has 1 amide bonds. The Kier molecular flexibility index (Phi) is 4.12. The zero-order valence-corrected chi connectivity index (χ0v) is 9.50. The first-order valence-electron chi connectivity index (χ1n) is 4.64. The summed E-state index contributed by atoms with van der Waals surface area (Å²) in [6.45, 7) is 2.15. The number of nitrogens with zero attached hydrogens (tertiary/aromatic N) is 1. The van der Waals surface area contributed by atoms with Gasteiger partial charge in [-0.25, -0.2) is 5.10 Å². The lowest BCUT2D eigenvalue weighted by molar-refractivity contribution is 0.0945. The summed E-state index contributed by atoms with van der Waals surface area (Å²) in [6, 6.07) is 2.58. The van der Waals surface area contributed by atoms with Crippen molar-refractivity contribution in [2.45, 2.75) is 6.92 Å². The third kappa shape index (κ3) is 3.43. The fraction of sp³-hybridized carbons (Fsp3) is 0.333. The molecule has 0 aliphatic heterocycles. The van der Waals surface area contributed by atoms with E-state index in [1.54, 1.807) is 0 Å². The lowest BCUT2D eigenvalue weighted by Crippen LogP contribution is -2.34. The molecule has 0 bridgehead atoms. The first-order valence-corrected chi connectivity index (χ1v) is 5.05. The van der Waals surface area contributed by atoms with Gasteiger partial charge in [-0.1, -0.05) is 19.1 Å². The van der Waals surface area contributed by atoms with Crippen molar-refractivity contribution in [3.63, 3.8) is 0 Å². The van der Waals surface area contributed by atoms with Gasteiger partial charge in [0.15, 0.2) is 0 Å². The quantitative estimate of drug-likeness (QED) is 0.611. The van der Waals surface area contributed by atoms with E-state index in [0.29, 0.717) is 11.5 Å². The molecule has 4 N–H and O–H groups in total. The molecule has 0 aliphatic rings. The molecule has 1 aromatic heterocycles. The van der Waals surface area contributed by atoms with E-state index in [-0.39, 0.29) is 23.1 Å². The molecule has 6 nitrogen and oxygen atoms in total. The van der Waals surface area contributed by atoms with E-state index in [2.05, 4.69) is 15.5 Å². The maximum atomic E-state index is 11.5. The number of nitrogens with two attached hydrogens (primary N) is 1. The fourth-order valence-corrected chi connectivity index (χ4v) is 0.991. The smallest absolute Gasteiger partial charge is 0.271 e. The third-order valence-electron chi connectivity index (χ3n) is 1.97. The Morgan fingerprint density at radius 1 is 1.69 bits per heavy atom. The molecule has 0 fully saturated rings. The van der Waals surface area contributed by atoms with Crippen molar-refractivity contribution in [2.75, 3.05) is 6.54 Å². The van der Waals surface area contributed by atoms with Gasteiger partial charge < -0.3 is 11.1 Å². The van der Waals surface area contributed by atoms with Gasteiger partial charge in [0, 0.05) is 18.5 Å². The third-order valence-corrected chi connectivity index (χ3v) is 2.37. The lowest BCUT2D eigenvalue weighted by atomic mass is 10.2. The summed E-state index contributed by atoms with van der Waals surface area (Å²) in [4.78, 5) is 22.6. The van der Waals surface area contributed by atoms with Crippen LogP contribution in [0.15, 0.2) is 16.9 Å². The van der Waals surface area contributed by atoms with Gasteiger partial charge in [0.2, 0.25) is 0 Å². The SMILES string of the molecule is CC(CNC(=O)c1ccc(=O)[nH]n1)C(N)=S. The van der Waals surface area contributed by atoms with E-state index in [4.69, 9.17) is 18.0 Å². The predicted octanol–water partition coefficient (Wildman–Crippen LogP) is -0.578. The lowest BCUT2D eigenvalue weighted by Gasteiger charge is -2.10. The van der Waals surface area contributed by atoms with Crippen LogP contribution in [0.5, 0.6) is 0 Å². The van der Waals surface area contributed by atoms with Gasteiger partial charge in [-0.05, 0) is 6.07 Å². The minimum Gasteiger partial charge on any atom is -0.393 e. The second kappa shape index (κ2) is 5.36. The van der Waals surface area contributed by atoms with Gasteiger partial charge in [-0.3, -0.25) is 9.59 Å². The maximum absolute atomic E-state index is 11.5. The van der Waals surface area contributed by atoms with Gasteiger partial charge in [0.25, 0.3) is 11.5 Å². The molecule has 1 rings (SSSR count). The topological polar surface area (TPSA) is 101 Å². The summed E-state index contributed by atoms with van der Waals surface area (Å²) in [5, 5.41) is 8.37. The fourth-order valence-electron chi connectivity index (χ4n) is 0.908. The van der Waals surface area contributed by atoms with Crippen LogP contribution in [-0.2, 0) is 0 Å². The van der Waals surface area contributed by atoms with Crippen LogP contribution in [0.25, 0.3) is 0 Å². The molecule has 16 heavy (non-hydrogen) atoms. The first-order chi connectivity index (χ1) is 7.50. The molecule has 0 saturated carbocycles. The van der Waals surface area contributed by atoms with E-state index in [1.165, 1.54) is 12.1 Å². The molecule has 1 aromatic rings. The number of amides is 1. The number of aromatic nitrogens is 2. The summed E-state index contributed by atoms with van der Waals surface area (Å²) in [6.07, 6.45) is 0. The van der Waals surface area contributed by atoms with Gasteiger partial charge in [0.1, 0.15) is 5.69 Å². The van der Waals surface area contributed by atoms with Gasteiger partial charge in [-0.15, -0.1) is 0 Å². The van der Waals surface area contributed by atoms with E-state index in [1.807, 2.05) is 6.92 Å². The average Bonchev–Trinajstić information content (AvgIpc) is 2.26. The highest BCUT2D eigenvalue weighted by molar-refractivity contribution is 7.80. The molecule has 0 radical (unpaired) electrons. The zero-order valence-electron chi connectivity index (χ0n) is 8.69. The van der Waals surface area contributed by atoms with Crippen LogP contribution in [0.4, 0.5) is 0 Å². The number of hydrogen-bond acceptors (Lipinski definition) is 4. The van der Waals surface area contributed by atoms with Crippen LogP contribution < -0.4 is 16.6 Å². The number of nitrogens with one attached hydrogen (secondary N) is 2. The Morgan fingerprint density at radius 2 is 2.38 bits per heavy atom. The standard InChI is InChI=1S/C9H12N4O2S/c1-5(8(10)16)4-11-9(15)6-2-3-7(14)13-12-6/h2-3,5H,4H2,1H3,(H2,10,16)(H,11,15)(H,13,14). The maximum Gasteiger partial charge on any atom is 0.271 e. The van der Waals surface area contributed by atoms with Crippen molar-refractivity contribution < 1.29 is 4.79 Å². The van der Waals surface area contributed by atoms with Crippen LogP contribution in [-0.4, -0.2) is 27.6 Å². The van der Waals surface area contributed by atoms with Gasteiger partial charge in [-0.2, -0.15) is 5.10 Å². The summed E-state index contributed by atoms with van der Waals surface area (Å²) < 4.78 is 0. The highest BCUT2D eigenvalue weighted by Gasteiger charge is 2.10. The highest BCUT2D eigenvalue weighted by Crippen LogP contribution is 1.94. The van der Waals surface area contributed by atoms with Crippen molar-refractivity contribution in [1.29, 1.82) is 0 Å².